The van der Waals surface area contributed by atoms with Gasteiger partial charge in [-0.05, 0) is 12.1 Å². The monoisotopic (exact) mass is 416 g/mol. The quantitative estimate of drug-likeness (QED) is 0.823. The minimum absolute atomic E-state index is 0.0448. The number of carbonyl (C=O) groups is 2. The predicted octanol–water partition coefficient (Wildman–Crippen LogP) is 3.65. The van der Waals surface area contributed by atoms with Crippen molar-refractivity contribution in [2.75, 3.05) is 36.6 Å². The van der Waals surface area contributed by atoms with Crippen molar-refractivity contribution in [2.45, 2.75) is 19.3 Å². The zero-order chi connectivity index (χ0) is 20.2. The lowest BCUT2D eigenvalue weighted by molar-refractivity contribution is -0.122. The van der Waals surface area contributed by atoms with Gasteiger partial charge in [0.05, 0.1) is 36.2 Å². The molecule has 0 unspecified atom stereocenters. The second-order valence-corrected chi connectivity index (χ2v) is 7.15. The molecule has 0 fully saturated rings. The fourth-order valence-corrected chi connectivity index (χ4v) is 3.48. The molecule has 29 heavy (non-hydrogen) atoms. The number of halogens is 1. The molecule has 0 aromatic heterocycles. The SMILES string of the molecule is O=C(CCC(=O)N1CCOc2ccccc21)Nc1cc2c(cc1Cl)OCCCO2. The highest BCUT2D eigenvalue weighted by Gasteiger charge is 2.24. The van der Waals surface area contributed by atoms with Gasteiger partial charge in [0.1, 0.15) is 12.4 Å². The number of anilines is 2. The zero-order valence-corrected chi connectivity index (χ0v) is 16.5. The van der Waals surface area contributed by atoms with Gasteiger partial charge >= 0.3 is 0 Å². The van der Waals surface area contributed by atoms with Crippen LogP contribution in [0.3, 0.4) is 0 Å². The average molecular weight is 417 g/mol. The normalized spacial score (nSPS) is 15.0. The summed E-state index contributed by atoms with van der Waals surface area (Å²) >= 11 is 6.26. The minimum atomic E-state index is -0.295. The lowest BCUT2D eigenvalue weighted by atomic mass is 10.2. The highest BCUT2D eigenvalue weighted by molar-refractivity contribution is 6.34. The van der Waals surface area contributed by atoms with Crippen molar-refractivity contribution in [3.05, 3.63) is 41.4 Å². The van der Waals surface area contributed by atoms with Crippen LogP contribution >= 0.6 is 11.6 Å². The molecule has 2 amide bonds. The highest BCUT2D eigenvalue weighted by atomic mass is 35.5. The van der Waals surface area contributed by atoms with Crippen molar-refractivity contribution in [3.63, 3.8) is 0 Å². The first-order chi connectivity index (χ1) is 14.1. The lowest BCUT2D eigenvalue weighted by Gasteiger charge is -2.29. The van der Waals surface area contributed by atoms with Crippen LogP contribution in [0.25, 0.3) is 0 Å². The van der Waals surface area contributed by atoms with Crippen LogP contribution in [0.15, 0.2) is 36.4 Å². The van der Waals surface area contributed by atoms with Gasteiger partial charge in [-0.1, -0.05) is 23.7 Å². The second kappa shape index (κ2) is 8.61. The van der Waals surface area contributed by atoms with E-state index in [9.17, 15) is 9.59 Å². The van der Waals surface area contributed by atoms with Gasteiger partial charge < -0.3 is 24.4 Å². The summed E-state index contributed by atoms with van der Waals surface area (Å²) in [6.45, 7) is 1.99. The Bertz CT molecular complexity index is 933. The Hall–Kier alpha value is -2.93. The number of hydrogen-bond acceptors (Lipinski definition) is 5. The van der Waals surface area contributed by atoms with Crippen LogP contribution in [0.5, 0.6) is 17.2 Å². The van der Waals surface area contributed by atoms with Gasteiger partial charge in [-0.2, -0.15) is 0 Å². The number of nitrogens with one attached hydrogen (secondary N) is 1. The highest BCUT2D eigenvalue weighted by Crippen LogP contribution is 2.38. The van der Waals surface area contributed by atoms with Crippen LogP contribution in [0.4, 0.5) is 11.4 Å². The first-order valence-corrected chi connectivity index (χ1v) is 9.91. The van der Waals surface area contributed by atoms with E-state index in [4.69, 9.17) is 25.8 Å². The fourth-order valence-electron chi connectivity index (χ4n) is 3.28. The Balaban J connectivity index is 1.37. The number of carbonyl (C=O) groups excluding carboxylic acids is 2. The standard InChI is InChI=1S/C21H21ClN2O5/c22-14-12-18-19(28-10-3-9-27-18)13-15(14)23-20(25)6-7-21(26)24-8-11-29-17-5-2-1-4-16(17)24/h1-2,4-5,12-13H,3,6-11H2,(H,23,25). The number of para-hydroxylation sites is 2. The minimum Gasteiger partial charge on any atom is -0.490 e. The van der Waals surface area contributed by atoms with Gasteiger partial charge in [0, 0.05) is 31.4 Å². The molecule has 2 heterocycles. The molecule has 0 radical (unpaired) electrons. The summed E-state index contributed by atoms with van der Waals surface area (Å²) in [4.78, 5) is 26.7. The first kappa shape index (κ1) is 19.4. The molecule has 2 aromatic carbocycles. The van der Waals surface area contributed by atoms with Gasteiger partial charge in [-0.3, -0.25) is 9.59 Å². The van der Waals surface area contributed by atoms with Crippen LogP contribution in [0.1, 0.15) is 19.3 Å². The van der Waals surface area contributed by atoms with Crippen molar-refractivity contribution in [2.24, 2.45) is 0 Å². The number of amides is 2. The topological polar surface area (TPSA) is 77.1 Å². The summed E-state index contributed by atoms with van der Waals surface area (Å²) in [6, 6.07) is 10.7. The Morgan fingerprint density at radius 1 is 0.966 bits per heavy atom. The van der Waals surface area contributed by atoms with Crippen molar-refractivity contribution >= 4 is 34.8 Å². The summed E-state index contributed by atoms with van der Waals surface area (Å²) in [7, 11) is 0. The molecule has 0 bridgehead atoms. The number of benzene rings is 2. The Labute approximate surface area is 173 Å². The molecule has 1 N–H and O–H groups in total. The lowest BCUT2D eigenvalue weighted by Crippen LogP contribution is -2.38. The predicted molar refractivity (Wildman–Crippen MR) is 109 cm³/mol. The number of ether oxygens (including phenoxy) is 3. The Kier molecular flexibility index (Phi) is 5.76. The van der Waals surface area contributed by atoms with E-state index >= 15 is 0 Å². The van der Waals surface area contributed by atoms with Gasteiger partial charge in [0.15, 0.2) is 11.5 Å². The molecular weight excluding hydrogens is 396 g/mol. The summed E-state index contributed by atoms with van der Waals surface area (Å²) < 4.78 is 16.8. The average Bonchev–Trinajstić information content (AvgIpc) is 2.96. The molecule has 0 saturated heterocycles. The number of nitrogens with zero attached hydrogens (tertiary/aromatic N) is 1. The Morgan fingerprint density at radius 2 is 1.69 bits per heavy atom. The van der Waals surface area contributed by atoms with E-state index in [2.05, 4.69) is 5.32 Å². The van der Waals surface area contributed by atoms with Crippen LogP contribution < -0.4 is 24.4 Å². The van der Waals surface area contributed by atoms with E-state index in [0.717, 1.165) is 12.1 Å². The van der Waals surface area contributed by atoms with Gasteiger partial charge in [-0.25, -0.2) is 0 Å². The Morgan fingerprint density at radius 3 is 2.52 bits per heavy atom. The maximum atomic E-state index is 12.6. The van der Waals surface area contributed by atoms with Crippen molar-refractivity contribution < 1.29 is 23.8 Å². The number of fused-ring (bicyclic) bond motifs is 2. The third kappa shape index (κ3) is 4.40. The van der Waals surface area contributed by atoms with Crippen molar-refractivity contribution in [1.82, 2.24) is 0 Å². The van der Waals surface area contributed by atoms with Crippen LogP contribution in [-0.2, 0) is 9.59 Å². The van der Waals surface area contributed by atoms with Crippen molar-refractivity contribution in [1.29, 1.82) is 0 Å². The molecule has 0 saturated carbocycles. The third-order valence-electron chi connectivity index (χ3n) is 4.71. The van der Waals surface area contributed by atoms with Gasteiger partial charge in [-0.15, -0.1) is 0 Å². The van der Waals surface area contributed by atoms with Crippen LogP contribution in [-0.4, -0.2) is 38.2 Å². The molecule has 2 aliphatic rings. The van der Waals surface area contributed by atoms with Crippen molar-refractivity contribution in [3.8, 4) is 17.2 Å². The summed E-state index contributed by atoms with van der Waals surface area (Å²) in [5, 5.41) is 3.11. The van der Waals surface area contributed by atoms with E-state index in [0.29, 0.717) is 54.3 Å². The molecule has 8 heteroatoms. The van der Waals surface area contributed by atoms with E-state index in [-0.39, 0.29) is 24.7 Å². The summed E-state index contributed by atoms with van der Waals surface area (Å²) in [6.07, 6.45) is 0.909. The zero-order valence-electron chi connectivity index (χ0n) is 15.8. The van der Waals surface area contributed by atoms with E-state index in [1.165, 1.54) is 0 Å². The largest absolute Gasteiger partial charge is 0.490 e. The molecule has 0 atom stereocenters. The van der Waals surface area contributed by atoms with E-state index in [1.54, 1.807) is 17.0 Å². The molecular formula is C21H21ClN2O5. The second-order valence-electron chi connectivity index (χ2n) is 6.74. The van der Waals surface area contributed by atoms with E-state index < -0.39 is 0 Å². The molecule has 2 aromatic rings. The molecule has 4 rings (SSSR count). The molecule has 0 spiro atoms. The number of hydrogen-bond donors (Lipinski definition) is 1. The molecule has 152 valence electrons. The number of rotatable bonds is 4. The van der Waals surface area contributed by atoms with Crippen LogP contribution in [0.2, 0.25) is 5.02 Å². The summed E-state index contributed by atoms with van der Waals surface area (Å²) in [5.41, 5.74) is 1.17. The first-order valence-electron chi connectivity index (χ1n) is 9.53. The smallest absolute Gasteiger partial charge is 0.227 e. The maximum Gasteiger partial charge on any atom is 0.227 e. The van der Waals surface area contributed by atoms with Gasteiger partial charge in [0.2, 0.25) is 11.8 Å². The summed E-state index contributed by atoms with van der Waals surface area (Å²) in [5.74, 6) is 1.36. The fraction of sp³-hybridized carbons (Fsp3) is 0.333. The third-order valence-corrected chi connectivity index (χ3v) is 5.02. The molecule has 0 aliphatic carbocycles. The van der Waals surface area contributed by atoms with E-state index in [1.807, 2.05) is 24.3 Å². The van der Waals surface area contributed by atoms with Crippen LogP contribution in [0, 0.1) is 0 Å². The molecule has 2 aliphatic heterocycles. The van der Waals surface area contributed by atoms with Gasteiger partial charge in [0.25, 0.3) is 0 Å². The molecule has 7 nitrogen and oxygen atoms in total. The maximum absolute atomic E-state index is 12.6.